The van der Waals surface area contributed by atoms with Crippen LogP contribution in [0.3, 0.4) is 0 Å². The zero-order chi connectivity index (χ0) is 14.7. The molecule has 5 nitrogen and oxygen atoms in total. The van der Waals surface area contributed by atoms with E-state index >= 15 is 0 Å². The minimum absolute atomic E-state index is 0.0256. The average molecular weight is 305 g/mol. The number of fused-ring (bicyclic) bond motifs is 1. The van der Waals surface area contributed by atoms with Crippen LogP contribution in [-0.2, 0) is 24.2 Å². The highest BCUT2D eigenvalue weighted by atomic mass is 35.5. The molecule has 0 aliphatic carbocycles. The van der Waals surface area contributed by atoms with E-state index < -0.39 is 0 Å². The summed E-state index contributed by atoms with van der Waals surface area (Å²) < 4.78 is 0. The Morgan fingerprint density at radius 3 is 3.00 bits per heavy atom. The summed E-state index contributed by atoms with van der Waals surface area (Å²) >= 11 is 5.84. The molecule has 1 amide bonds. The fourth-order valence-electron chi connectivity index (χ4n) is 2.46. The number of benzene rings is 1. The molecule has 6 heteroatoms. The molecule has 1 aliphatic rings. The van der Waals surface area contributed by atoms with Crippen LogP contribution in [0.15, 0.2) is 30.6 Å². The van der Waals surface area contributed by atoms with Gasteiger partial charge in [-0.1, -0.05) is 23.7 Å². The summed E-state index contributed by atoms with van der Waals surface area (Å²) in [6.45, 7) is 1.27. The molecule has 0 radical (unpaired) electrons. The van der Waals surface area contributed by atoms with Crippen molar-refractivity contribution in [1.29, 1.82) is 0 Å². The van der Waals surface area contributed by atoms with Crippen LogP contribution >= 0.6 is 11.6 Å². The van der Waals surface area contributed by atoms with Crippen molar-refractivity contribution in [2.75, 3.05) is 6.54 Å². The predicted molar refractivity (Wildman–Crippen MR) is 81.1 cm³/mol. The number of carbonyl (C=O) groups is 1. The van der Waals surface area contributed by atoms with E-state index in [4.69, 9.17) is 11.6 Å². The molecule has 0 saturated heterocycles. The first kappa shape index (κ1) is 14.1. The number of halogens is 1. The highest BCUT2D eigenvalue weighted by Crippen LogP contribution is 2.12. The van der Waals surface area contributed by atoms with E-state index in [9.17, 15) is 4.79 Å². The number of aromatic amines is 1. The van der Waals surface area contributed by atoms with Crippen LogP contribution in [0.1, 0.15) is 17.0 Å². The zero-order valence-corrected chi connectivity index (χ0v) is 12.3. The molecule has 0 spiro atoms. The predicted octanol–water partition coefficient (Wildman–Crippen LogP) is 1.44. The summed E-state index contributed by atoms with van der Waals surface area (Å²) in [6, 6.07) is 7.47. The molecule has 1 aromatic carbocycles. The molecule has 3 N–H and O–H groups in total. The minimum Gasteiger partial charge on any atom is -0.354 e. The summed E-state index contributed by atoms with van der Waals surface area (Å²) in [7, 11) is 0. The molecule has 110 valence electrons. The highest BCUT2D eigenvalue weighted by Gasteiger charge is 2.25. The number of imidazole rings is 1. The lowest BCUT2D eigenvalue weighted by Gasteiger charge is -2.22. The van der Waals surface area contributed by atoms with Crippen LogP contribution in [0.2, 0.25) is 5.02 Å². The van der Waals surface area contributed by atoms with Gasteiger partial charge in [0.15, 0.2) is 0 Å². The standard InChI is InChI=1S/C15H17ClN4O/c16-11-3-1-10(2-4-11)5-6-17-15(21)13-7-12-14(8-18-13)20-9-19-12/h1-4,9,13,18H,5-8H2,(H,17,21)(H,19,20). The Morgan fingerprint density at radius 2 is 2.19 bits per heavy atom. The van der Waals surface area contributed by atoms with Crippen molar-refractivity contribution in [3.63, 3.8) is 0 Å². The molecule has 1 aromatic heterocycles. The first-order chi connectivity index (χ1) is 10.2. The van der Waals surface area contributed by atoms with Gasteiger partial charge < -0.3 is 10.3 Å². The third-order valence-corrected chi connectivity index (χ3v) is 3.92. The molecular formula is C15H17ClN4O. The highest BCUT2D eigenvalue weighted by molar-refractivity contribution is 6.30. The monoisotopic (exact) mass is 304 g/mol. The van der Waals surface area contributed by atoms with E-state index in [1.807, 2.05) is 24.3 Å². The number of carbonyl (C=O) groups excluding carboxylic acids is 1. The molecule has 0 saturated carbocycles. The van der Waals surface area contributed by atoms with Gasteiger partial charge in [0, 0.05) is 24.5 Å². The summed E-state index contributed by atoms with van der Waals surface area (Å²) in [5, 5.41) is 6.91. The minimum atomic E-state index is -0.203. The molecule has 0 fully saturated rings. The van der Waals surface area contributed by atoms with Crippen molar-refractivity contribution >= 4 is 17.5 Å². The number of rotatable bonds is 4. The van der Waals surface area contributed by atoms with Crippen molar-refractivity contribution in [3.05, 3.63) is 52.6 Å². The number of aromatic nitrogens is 2. The first-order valence-electron chi connectivity index (χ1n) is 6.99. The lowest BCUT2D eigenvalue weighted by molar-refractivity contribution is -0.123. The van der Waals surface area contributed by atoms with Gasteiger partial charge in [-0.3, -0.25) is 10.1 Å². The quantitative estimate of drug-likeness (QED) is 0.800. The second-order valence-corrected chi connectivity index (χ2v) is 5.57. The maximum atomic E-state index is 12.1. The molecule has 21 heavy (non-hydrogen) atoms. The third kappa shape index (κ3) is 3.43. The van der Waals surface area contributed by atoms with Crippen LogP contribution in [0, 0.1) is 0 Å². The Bertz CT molecular complexity index is 623. The number of nitrogens with zero attached hydrogens (tertiary/aromatic N) is 1. The number of amides is 1. The fourth-order valence-corrected chi connectivity index (χ4v) is 2.58. The van der Waals surface area contributed by atoms with Crippen molar-refractivity contribution in [2.24, 2.45) is 0 Å². The van der Waals surface area contributed by atoms with Crippen LogP contribution < -0.4 is 10.6 Å². The number of nitrogens with one attached hydrogen (secondary N) is 3. The van der Waals surface area contributed by atoms with E-state index in [0.717, 1.165) is 28.4 Å². The van der Waals surface area contributed by atoms with Crippen LogP contribution in [0.4, 0.5) is 0 Å². The summed E-state index contributed by atoms with van der Waals surface area (Å²) in [4.78, 5) is 19.4. The Balaban J connectivity index is 1.48. The maximum Gasteiger partial charge on any atom is 0.237 e. The molecule has 1 atom stereocenters. The molecule has 2 heterocycles. The van der Waals surface area contributed by atoms with Crippen LogP contribution in [-0.4, -0.2) is 28.5 Å². The van der Waals surface area contributed by atoms with Crippen LogP contribution in [0.5, 0.6) is 0 Å². The first-order valence-corrected chi connectivity index (χ1v) is 7.37. The molecule has 3 rings (SSSR count). The van der Waals surface area contributed by atoms with E-state index in [0.29, 0.717) is 19.5 Å². The van der Waals surface area contributed by atoms with Gasteiger partial charge in [-0.25, -0.2) is 4.98 Å². The van der Waals surface area contributed by atoms with Crippen molar-refractivity contribution < 1.29 is 4.79 Å². The molecule has 1 unspecified atom stereocenters. The SMILES string of the molecule is O=C(NCCc1ccc(Cl)cc1)C1Cc2nc[nH]c2CN1. The van der Waals surface area contributed by atoms with E-state index in [1.165, 1.54) is 0 Å². The van der Waals surface area contributed by atoms with Gasteiger partial charge in [0.05, 0.1) is 23.8 Å². The second kappa shape index (κ2) is 6.28. The third-order valence-electron chi connectivity index (χ3n) is 3.67. The molecule has 2 aromatic rings. The summed E-state index contributed by atoms with van der Waals surface area (Å²) in [5.74, 6) is 0.0256. The summed E-state index contributed by atoms with van der Waals surface area (Å²) in [6.07, 6.45) is 3.10. The number of hydrogen-bond donors (Lipinski definition) is 3. The second-order valence-electron chi connectivity index (χ2n) is 5.13. The van der Waals surface area contributed by atoms with Crippen molar-refractivity contribution in [2.45, 2.75) is 25.4 Å². The molecule has 0 bridgehead atoms. The number of hydrogen-bond acceptors (Lipinski definition) is 3. The fraction of sp³-hybridized carbons (Fsp3) is 0.333. The van der Waals surface area contributed by atoms with Gasteiger partial charge in [0.1, 0.15) is 0 Å². The zero-order valence-electron chi connectivity index (χ0n) is 11.5. The Hall–Kier alpha value is -1.85. The Morgan fingerprint density at radius 1 is 1.38 bits per heavy atom. The maximum absolute atomic E-state index is 12.1. The van der Waals surface area contributed by atoms with Crippen molar-refractivity contribution in [3.8, 4) is 0 Å². The van der Waals surface area contributed by atoms with Crippen molar-refractivity contribution in [1.82, 2.24) is 20.6 Å². The van der Waals surface area contributed by atoms with Gasteiger partial charge in [0.2, 0.25) is 5.91 Å². The average Bonchev–Trinajstić information content (AvgIpc) is 2.96. The number of H-pyrrole nitrogens is 1. The van der Waals surface area contributed by atoms with E-state index in [2.05, 4.69) is 20.6 Å². The smallest absolute Gasteiger partial charge is 0.237 e. The molecule has 1 aliphatic heterocycles. The van der Waals surface area contributed by atoms with Crippen LogP contribution in [0.25, 0.3) is 0 Å². The lowest BCUT2D eigenvalue weighted by Crippen LogP contribution is -2.48. The van der Waals surface area contributed by atoms with Gasteiger partial charge >= 0.3 is 0 Å². The van der Waals surface area contributed by atoms with Gasteiger partial charge in [0.25, 0.3) is 0 Å². The van der Waals surface area contributed by atoms with E-state index in [-0.39, 0.29) is 11.9 Å². The molecular weight excluding hydrogens is 288 g/mol. The van der Waals surface area contributed by atoms with Gasteiger partial charge in [-0.15, -0.1) is 0 Å². The normalized spacial score (nSPS) is 17.3. The largest absolute Gasteiger partial charge is 0.354 e. The summed E-state index contributed by atoms with van der Waals surface area (Å²) in [5.41, 5.74) is 3.21. The Kier molecular flexibility index (Phi) is 4.22. The van der Waals surface area contributed by atoms with E-state index in [1.54, 1.807) is 6.33 Å². The Labute approximate surface area is 128 Å². The topological polar surface area (TPSA) is 69.8 Å². The van der Waals surface area contributed by atoms with Gasteiger partial charge in [-0.2, -0.15) is 0 Å². The van der Waals surface area contributed by atoms with Gasteiger partial charge in [-0.05, 0) is 24.1 Å². The lowest BCUT2D eigenvalue weighted by atomic mass is 10.0.